The monoisotopic (exact) mass is 356 g/mol. The first kappa shape index (κ1) is 20.1. The molecule has 1 unspecified atom stereocenters. The Hall–Kier alpha value is -1.93. The van der Waals surface area contributed by atoms with Crippen molar-refractivity contribution in [1.82, 2.24) is 10.6 Å². The first-order valence-corrected chi connectivity index (χ1v) is 9.47. The maximum atomic E-state index is 12.2. The molecule has 0 spiro atoms. The third-order valence-electron chi connectivity index (χ3n) is 3.51. The number of amides is 2. The number of aliphatic hydroxyl groups excluding tert-OH is 1. The Morgan fingerprint density at radius 2 is 1.58 bits per heavy atom. The van der Waals surface area contributed by atoms with Crippen LogP contribution in [0.1, 0.15) is 32.4 Å². The molecular weight excluding hydrogens is 332 g/mol. The highest BCUT2D eigenvalue weighted by molar-refractivity contribution is 7.90. The van der Waals surface area contributed by atoms with E-state index in [1.807, 2.05) is 0 Å². The zero-order valence-corrected chi connectivity index (χ0v) is 15.1. The van der Waals surface area contributed by atoms with Gasteiger partial charge in [0, 0.05) is 12.2 Å². The maximum Gasteiger partial charge on any atom is 0.245 e. The molecule has 3 N–H and O–H groups in total. The molecule has 1 aromatic rings. The van der Waals surface area contributed by atoms with Gasteiger partial charge in [-0.3, -0.25) is 9.59 Å². The normalized spacial score (nSPS) is 14.1. The van der Waals surface area contributed by atoms with E-state index in [2.05, 4.69) is 10.6 Å². The summed E-state index contributed by atoms with van der Waals surface area (Å²) < 4.78 is 22.9. The summed E-state index contributed by atoms with van der Waals surface area (Å²) in [5.41, 5.74) is 0.711. The van der Waals surface area contributed by atoms with Crippen LogP contribution in [0.3, 0.4) is 0 Å². The average molecular weight is 356 g/mol. The van der Waals surface area contributed by atoms with E-state index in [9.17, 15) is 23.1 Å². The van der Waals surface area contributed by atoms with E-state index in [4.69, 9.17) is 0 Å². The largest absolute Gasteiger partial charge is 0.394 e. The lowest BCUT2D eigenvalue weighted by Gasteiger charge is -2.21. The van der Waals surface area contributed by atoms with E-state index < -0.39 is 34.4 Å². The first-order chi connectivity index (χ1) is 11.1. The fourth-order valence-electron chi connectivity index (χ4n) is 1.93. The summed E-state index contributed by atoms with van der Waals surface area (Å²) in [6.07, 6.45) is 1.12. The van der Waals surface area contributed by atoms with Crippen LogP contribution >= 0.6 is 0 Å². The van der Waals surface area contributed by atoms with Crippen LogP contribution in [-0.4, -0.2) is 44.2 Å². The molecule has 0 radical (unpaired) electrons. The Morgan fingerprint density at radius 3 is 2.00 bits per heavy atom. The molecule has 1 aromatic carbocycles. The van der Waals surface area contributed by atoms with Gasteiger partial charge in [-0.15, -0.1) is 0 Å². The molecule has 0 aliphatic carbocycles. The number of hydrogen-bond donors (Lipinski definition) is 3. The Morgan fingerprint density at radius 1 is 1.04 bits per heavy atom. The number of aliphatic hydroxyl groups is 1. The molecule has 1 rings (SSSR count). The third kappa shape index (κ3) is 5.61. The van der Waals surface area contributed by atoms with Crippen LogP contribution in [0, 0.1) is 5.92 Å². The maximum absolute atomic E-state index is 12.2. The number of carbonyl (C=O) groups is 2. The van der Waals surface area contributed by atoms with Gasteiger partial charge in [0.25, 0.3) is 0 Å². The summed E-state index contributed by atoms with van der Waals surface area (Å²) in [4.78, 5) is 24.0. The molecule has 0 bridgehead atoms. The van der Waals surface area contributed by atoms with Gasteiger partial charge < -0.3 is 15.7 Å². The second-order valence-electron chi connectivity index (χ2n) is 5.97. The fourth-order valence-corrected chi connectivity index (χ4v) is 2.56. The van der Waals surface area contributed by atoms with Gasteiger partial charge in [-0.05, 0) is 24.6 Å². The zero-order chi connectivity index (χ0) is 18.5. The van der Waals surface area contributed by atoms with Crippen molar-refractivity contribution in [3.8, 4) is 0 Å². The van der Waals surface area contributed by atoms with Gasteiger partial charge in [-0.1, -0.05) is 26.0 Å². The topological polar surface area (TPSA) is 113 Å². The zero-order valence-electron chi connectivity index (χ0n) is 14.2. The molecule has 0 aromatic heterocycles. The Bertz CT molecular complexity index is 683. The standard InChI is InChI=1S/C16H24N2O5S/c1-10(2)15(20)18-14(9-19)16(21)17-11(3)12-5-7-13(8-6-12)24(4,22)23/h5-8,10-11,14,19H,9H2,1-4H3,(H,17,21)(H,18,20)/t11?,14-/m0/s1. The number of rotatable bonds is 7. The lowest BCUT2D eigenvalue weighted by Crippen LogP contribution is -2.50. The van der Waals surface area contributed by atoms with E-state index in [-0.39, 0.29) is 16.7 Å². The highest BCUT2D eigenvalue weighted by Gasteiger charge is 2.22. The number of sulfone groups is 1. The van der Waals surface area contributed by atoms with Crippen LogP contribution in [0.15, 0.2) is 29.2 Å². The van der Waals surface area contributed by atoms with Crippen LogP contribution < -0.4 is 10.6 Å². The summed E-state index contributed by atoms with van der Waals surface area (Å²) in [5, 5.41) is 14.5. The predicted molar refractivity (Wildman–Crippen MR) is 90.0 cm³/mol. The fraction of sp³-hybridized carbons (Fsp3) is 0.500. The van der Waals surface area contributed by atoms with Crippen molar-refractivity contribution in [1.29, 1.82) is 0 Å². The van der Waals surface area contributed by atoms with Crippen molar-refractivity contribution in [3.05, 3.63) is 29.8 Å². The van der Waals surface area contributed by atoms with E-state index in [1.54, 1.807) is 32.9 Å². The van der Waals surface area contributed by atoms with Crippen molar-refractivity contribution in [2.45, 2.75) is 37.8 Å². The second kappa shape index (κ2) is 8.25. The van der Waals surface area contributed by atoms with Gasteiger partial charge in [0.15, 0.2) is 9.84 Å². The SMILES string of the molecule is CC(C)C(=O)N[C@@H](CO)C(=O)NC(C)c1ccc(S(C)(=O)=O)cc1. The van der Waals surface area contributed by atoms with Crippen LogP contribution in [-0.2, 0) is 19.4 Å². The molecule has 0 heterocycles. The summed E-state index contributed by atoms with van der Waals surface area (Å²) in [7, 11) is -3.28. The average Bonchev–Trinajstić information content (AvgIpc) is 2.51. The van der Waals surface area contributed by atoms with Gasteiger partial charge in [-0.2, -0.15) is 0 Å². The van der Waals surface area contributed by atoms with Crippen LogP contribution in [0.25, 0.3) is 0 Å². The van der Waals surface area contributed by atoms with Gasteiger partial charge >= 0.3 is 0 Å². The van der Waals surface area contributed by atoms with E-state index in [0.717, 1.165) is 6.26 Å². The molecule has 0 saturated heterocycles. The van der Waals surface area contributed by atoms with Crippen molar-refractivity contribution in [2.75, 3.05) is 12.9 Å². The molecule has 0 fully saturated rings. The first-order valence-electron chi connectivity index (χ1n) is 7.58. The van der Waals surface area contributed by atoms with Gasteiger partial charge in [-0.25, -0.2) is 8.42 Å². The molecule has 2 atom stereocenters. The van der Waals surface area contributed by atoms with E-state index >= 15 is 0 Å². The van der Waals surface area contributed by atoms with Crippen molar-refractivity contribution < 1.29 is 23.1 Å². The molecule has 8 heteroatoms. The summed E-state index contributed by atoms with van der Waals surface area (Å²) in [6.45, 7) is 4.59. The molecule has 2 amide bonds. The molecule has 0 aliphatic heterocycles. The Balaban J connectivity index is 2.76. The minimum Gasteiger partial charge on any atom is -0.394 e. The number of nitrogens with one attached hydrogen (secondary N) is 2. The van der Waals surface area contributed by atoms with Crippen molar-refractivity contribution in [3.63, 3.8) is 0 Å². The number of benzene rings is 1. The predicted octanol–water partition coefficient (Wildman–Crippen LogP) is 0.400. The highest BCUT2D eigenvalue weighted by Crippen LogP contribution is 2.16. The lowest BCUT2D eigenvalue weighted by atomic mass is 10.1. The summed E-state index contributed by atoms with van der Waals surface area (Å²) >= 11 is 0. The van der Waals surface area contributed by atoms with Crippen molar-refractivity contribution in [2.24, 2.45) is 5.92 Å². The van der Waals surface area contributed by atoms with Crippen LogP contribution in [0.5, 0.6) is 0 Å². The number of hydrogen-bond acceptors (Lipinski definition) is 5. The minimum atomic E-state index is -3.28. The lowest BCUT2D eigenvalue weighted by molar-refractivity contribution is -0.131. The number of carbonyl (C=O) groups excluding carboxylic acids is 2. The third-order valence-corrected chi connectivity index (χ3v) is 4.64. The van der Waals surface area contributed by atoms with Gasteiger partial charge in [0.05, 0.1) is 17.5 Å². The molecule has 134 valence electrons. The van der Waals surface area contributed by atoms with E-state index in [0.29, 0.717) is 5.56 Å². The quantitative estimate of drug-likeness (QED) is 0.655. The minimum absolute atomic E-state index is 0.196. The molecule has 0 aliphatic rings. The van der Waals surface area contributed by atoms with Gasteiger partial charge in [0.2, 0.25) is 11.8 Å². The molecular formula is C16H24N2O5S. The van der Waals surface area contributed by atoms with Gasteiger partial charge in [0.1, 0.15) is 6.04 Å². The Labute approximate surface area is 142 Å². The summed E-state index contributed by atoms with van der Waals surface area (Å²) in [6, 6.07) is 4.73. The highest BCUT2D eigenvalue weighted by atomic mass is 32.2. The van der Waals surface area contributed by atoms with Crippen molar-refractivity contribution >= 4 is 21.7 Å². The molecule has 0 saturated carbocycles. The Kier molecular flexibility index (Phi) is 6.92. The van der Waals surface area contributed by atoms with E-state index in [1.165, 1.54) is 12.1 Å². The second-order valence-corrected chi connectivity index (χ2v) is 7.99. The summed E-state index contributed by atoms with van der Waals surface area (Å²) in [5.74, 6) is -1.13. The van der Waals surface area contributed by atoms with Crippen LogP contribution in [0.2, 0.25) is 0 Å². The van der Waals surface area contributed by atoms with Crippen LogP contribution in [0.4, 0.5) is 0 Å². The molecule has 24 heavy (non-hydrogen) atoms. The smallest absolute Gasteiger partial charge is 0.245 e. The molecule has 7 nitrogen and oxygen atoms in total.